The van der Waals surface area contributed by atoms with Crippen molar-refractivity contribution >= 4 is 33.6 Å². The van der Waals surface area contributed by atoms with Crippen LogP contribution in [0.3, 0.4) is 0 Å². The predicted octanol–water partition coefficient (Wildman–Crippen LogP) is 8.78. The van der Waals surface area contributed by atoms with Gasteiger partial charge in [-0.25, -0.2) is 4.79 Å². The third kappa shape index (κ3) is 5.33. The standard InChI is InChI=1S/C36H29N3O5/c1-3-41-36(40)25-16-18-27(19-17-25)37-29(34-38-39-35(44-34)33-22(2)28-9-5-7-11-31(28)43-33)20-23-12-14-24(15-13-23)32-21-26-8-4-6-10-30(26)42-32/h4-19,21,29,37H,3,20H2,1-2H3/t29-/m0/s1. The van der Waals surface area contributed by atoms with E-state index in [0.29, 0.717) is 36.1 Å². The number of carbonyl (C=O) groups excluding carboxylic acids is 1. The number of hydrogen-bond acceptors (Lipinski definition) is 8. The van der Waals surface area contributed by atoms with E-state index in [-0.39, 0.29) is 12.0 Å². The van der Waals surface area contributed by atoms with Crippen molar-refractivity contribution < 1.29 is 22.8 Å². The largest absolute Gasteiger partial charge is 0.462 e. The van der Waals surface area contributed by atoms with Crippen LogP contribution in [0.25, 0.3) is 44.9 Å². The van der Waals surface area contributed by atoms with Crippen LogP contribution in [0.1, 0.15) is 40.3 Å². The van der Waals surface area contributed by atoms with Crippen LogP contribution < -0.4 is 5.32 Å². The minimum atomic E-state index is -0.369. The molecule has 218 valence electrons. The van der Waals surface area contributed by atoms with Gasteiger partial charge in [-0.05, 0) is 61.9 Å². The molecule has 0 aliphatic heterocycles. The number of aryl methyl sites for hydroxylation is 1. The van der Waals surface area contributed by atoms with Gasteiger partial charge in [-0.2, -0.15) is 0 Å². The fraction of sp³-hybridized carbons (Fsp3) is 0.139. The lowest BCUT2D eigenvalue weighted by Crippen LogP contribution is -2.14. The average Bonchev–Trinajstić information content (AvgIpc) is 3.79. The van der Waals surface area contributed by atoms with E-state index < -0.39 is 0 Å². The highest BCUT2D eigenvalue weighted by molar-refractivity contribution is 5.90. The van der Waals surface area contributed by atoms with Gasteiger partial charge in [0, 0.05) is 34.0 Å². The molecule has 0 bridgehead atoms. The second-order valence-corrected chi connectivity index (χ2v) is 10.5. The van der Waals surface area contributed by atoms with Gasteiger partial charge in [0.2, 0.25) is 5.89 Å². The quantitative estimate of drug-likeness (QED) is 0.168. The van der Waals surface area contributed by atoms with Gasteiger partial charge in [-0.3, -0.25) is 0 Å². The Morgan fingerprint density at radius 1 is 0.841 bits per heavy atom. The molecule has 8 heteroatoms. The van der Waals surface area contributed by atoms with Crippen molar-refractivity contribution in [3.63, 3.8) is 0 Å². The molecule has 1 atom stereocenters. The predicted molar refractivity (Wildman–Crippen MR) is 168 cm³/mol. The minimum absolute atomic E-state index is 0.318. The molecule has 8 nitrogen and oxygen atoms in total. The van der Waals surface area contributed by atoms with Crippen LogP contribution in [0.2, 0.25) is 0 Å². The highest BCUT2D eigenvalue weighted by atomic mass is 16.5. The number of furan rings is 2. The molecule has 0 amide bonds. The van der Waals surface area contributed by atoms with Crippen molar-refractivity contribution in [1.82, 2.24) is 10.2 Å². The minimum Gasteiger partial charge on any atom is -0.462 e. The summed E-state index contributed by atoms with van der Waals surface area (Å²) >= 11 is 0. The van der Waals surface area contributed by atoms with Crippen LogP contribution >= 0.6 is 0 Å². The number of para-hydroxylation sites is 2. The maximum absolute atomic E-state index is 12.2. The first-order chi connectivity index (χ1) is 21.6. The summed E-state index contributed by atoms with van der Waals surface area (Å²) in [5, 5.41) is 14.4. The van der Waals surface area contributed by atoms with E-state index in [1.807, 2.05) is 67.6 Å². The lowest BCUT2D eigenvalue weighted by molar-refractivity contribution is 0.0526. The lowest BCUT2D eigenvalue weighted by atomic mass is 10.0. The fourth-order valence-corrected chi connectivity index (χ4v) is 5.33. The Hall–Kier alpha value is -5.63. The van der Waals surface area contributed by atoms with Gasteiger partial charge in [0.25, 0.3) is 5.89 Å². The van der Waals surface area contributed by atoms with Crippen molar-refractivity contribution in [2.75, 3.05) is 11.9 Å². The van der Waals surface area contributed by atoms with E-state index in [1.165, 1.54) is 0 Å². The number of aromatic nitrogens is 2. The number of nitrogens with zero attached hydrogens (tertiary/aromatic N) is 2. The summed E-state index contributed by atoms with van der Waals surface area (Å²) in [4.78, 5) is 12.2. The van der Waals surface area contributed by atoms with Crippen LogP contribution in [-0.2, 0) is 11.2 Å². The Labute approximate surface area is 253 Å². The molecule has 44 heavy (non-hydrogen) atoms. The molecule has 1 N–H and O–H groups in total. The molecule has 0 saturated carbocycles. The Bertz CT molecular complexity index is 2040. The molecular weight excluding hydrogens is 554 g/mol. The van der Waals surface area contributed by atoms with E-state index >= 15 is 0 Å². The van der Waals surface area contributed by atoms with E-state index in [9.17, 15) is 4.79 Å². The summed E-state index contributed by atoms with van der Waals surface area (Å²) in [6.07, 6.45) is 0.556. The normalized spacial score (nSPS) is 12.0. The van der Waals surface area contributed by atoms with Gasteiger partial charge < -0.3 is 23.3 Å². The fourth-order valence-electron chi connectivity index (χ4n) is 5.33. The zero-order chi connectivity index (χ0) is 30.0. The molecule has 0 radical (unpaired) electrons. The summed E-state index contributed by atoms with van der Waals surface area (Å²) in [7, 11) is 0. The smallest absolute Gasteiger partial charge is 0.338 e. The molecule has 0 unspecified atom stereocenters. The van der Waals surface area contributed by atoms with E-state index in [1.54, 1.807) is 19.1 Å². The van der Waals surface area contributed by atoms with Gasteiger partial charge in [-0.15, -0.1) is 10.2 Å². The summed E-state index contributed by atoms with van der Waals surface area (Å²) in [5.74, 6) is 1.74. The summed E-state index contributed by atoms with van der Waals surface area (Å²) in [6, 6.07) is 32.9. The van der Waals surface area contributed by atoms with Crippen LogP contribution in [0, 0.1) is 6.92 Å². The van der Waals surface area contributed by atoms with Crippen molar-refractivity contribution in [2.45, 2.75) is 26.3 Å². The van der Waals surface area contributed by atoms with E-state index in [0.717, 1.165) is 50.1 Å². The molecule has 3 heterocycles. The Balaban J connectivity index is 1.18. The third-order valence-electron chi connectivity index (χ3n) is 7.62. The molecule has 0 spiro atoms. The van der Waals surface area contributed by atoms with Crippen LogP contribution in [0.4, 0.5) is 5.69 Å². The molecule has 0 aliphatic carbocycles. The first-order valence-corrected chi connectivity index (χ1v) is 14.5. The zero-order valence-electron chi connectivity index (χ0n) is 24.2. The number of anilines is 1. The van der Waals surface area contributed by atoms with Crippen molar-refractivity contribution in [1.29, 1.82) is 0 Å². The second-order valence-electron chi connectivity index (χ2n) is 10.5. The summed E-state index contributed by atoms with van der Waals surface area (Å²) < 4.78 is 23.5. The van der Waals surface area contributed by atoms with Crippen molar-refractivity contribution in [3.8, 4) is 23.0 Å². The topological polar surface area (TPSA) is 104 Å². The highest BCUT2D eigenvalue weighted by Crippen LogP contribution is 2.34. The lowest BCUT2D eigenvalue weighted by Gasteiger charge is -2.17. The number of nitrogens with one attached hydrogen (secondary N) is 1. The molecule has 7 aromatic rings. The maximum Gasteiger partial charge on any atom is 0.338 e. The Kier molecular flexibility index (Phi) is 7.16. The summed E-state index contributed by atoms with van der Waals surface area (Å²) in [6.45, 7) is 4.09. The third-order valence-corrected chi connectivity index (χ3v) is 7.62. The number of ether oxygens (including phenoxy) is 1. The second kappa shape index (κ2) is 11.6. The monoisotopic (exact) mass is 583 g/mol. The Morgan fingerprint density at radius 2 is 1.59 bits per heavy atom. The molecule has 0 aliphatic rings. The van der Waals surface area contributed by atoms with E-state index in [2.05, 4.69) is 45.8 Å². The first-order valence-electron chi connectivity index (χ1n) is 14.5. The highest BCUT2D eigenvalue weighted by Gasteiger charge is 2.24. The maximum atomic E-state index is 12.2. The van der Waals surface area contributed by atoms with E-state index in [4.69, 9.17) is 18.0 Å². The molecule has 7 rings (SSSR count). The molecule has 0 fully saturated rings. The average molecular weight is 584 g/mol. The van der Waals surface area contributed by atoms with Crippen LogP contribution in [0.15, 0.2) is 116 Å². The number of fused-ring (bicyclic) bond motifs is 2. The number of carbonyl (C=O) groups is 1. The molecule has 4 aromatic carbocycles. The van der Waals surface area contributed by atoms with Crippen molar-refractivity contribution in [2.24, 2.45) is 0 Å². The molecule has 3 aromatic heterocycles. The van der Waals surface area contributed by atoms with Gasteiger partial charge in [0.05, 0.1) is 12.2 Å². The Morgan fingerprint density at radius 3 is 2.34 bits per heavy atom. The van der Waals surface area contributed by atoms with Gasteiger partial charge >= 0.3 is 5.97 Å². The summed E-state index contributed by atoms with van der Waals surface area (Å²) in [5.41, 5.74) is 5.89. The molecular formula is C36H29N3O5. The number of esters is 1. The van der Waals surface area contributed by atoms with Crippen LogP contribution in [-0.4, -0.2) is 22.8 Å². The SMILES string of the molecule is CCOC(=O)c1ccc(N[C@@H](Cc2ccc(-c3cc4ccccc4o3)cc2)c2nnc(-c3oc4ccccc4c3C)o2)cc1. The zero-order valence-corrected chi connectivity index (χ0v) is 24.2. The van der Waals surface area contributed by atoms with Gasteiger partial charge in [0.1, 0.15) is 23.0 Å². The van der Waals surface area contributed by atoms with Crippen molar-refractivity contribution in [3.05, 3.63) is 126 Å². The van der Waals surface area contributed by atoms with Crippen LogP contribution in [0.5, 0.6) is 0 Å². The van der Waals surface area contributed by atoms with Gasteiger partial charge in [0.15, 0.2) is 5.76 Å². The number of hydrogen-bond donors (Lipinski definition) is 1. The number of rotatable bonds is 9. The number of benzene rings is 4. The molecule has 0 saturated heterocycles. The first kappa shape index (κ1) is 27.2. The van der Waals surface area contributed by atoms with Gasteiger partial charge in [-0.1, -0.05) is 60.7 Å².